The maximum absolute atomic E-state index is 16.5. The third kappa shape index (κ3) is 12.5. The van der Waals surface area contributed by atoms with E-state index in [4.69, 9.17) is 18.9 Å². The molecule has 0 aliphatic carbocycles. The number of fused-ring (bicyclic) bond motifs is 4. The Bertz CT molecular complexity index is 3610. The van der Waals surface area contributed by atoms with Crippen LogP contribution in [0.4, 0.5) is 28.4 Å². The van der Waals surface area contributed by atoms with Crippen molar-refractivity contribution in [2.24, 2.45) is 5.92 Å². The number of hydrogen-bond donors (Lipinski definition) is 5. The molecule has 0 radical (unpaired) electrons. The summed E-state index contributed by atoms with van der Waals surface area (Å²) in [5.41, 5.74) is 6.77. The largest absolute Gasteiger partial charge is 0.497 e. The summed E-state index contributed by atoms with van der Waals surface area (Å²) in [5, 5.41) is 47.0. The van der Waals surface area contributed by atoms with Crippen LogP contribution in [-0.2, 0) is 50.7 Å². The van der Waals surface area contributed by atoms with Crippen LogP contribution in [0.5, 0.6) is 17.2 Å². The number of nitrogens with zero attached hydrogens (tertiary/aromatic N) is 6. The average Bonchev–Trinajstić information content (AvgIpc) is 1.54. The number of hydrogen-bond acceptors (Lipinski definition) is 14. The summed E-state index contributed by atoms with van der Waals surface area (Å²) < 4.78 is 27.1. The Kier molecular flexibility index (Phi) is 19.5. The van der Waals surface area contributed by atoms with E-state index in [0.717, 1.165) is 51.5 Å². The molecule has 89 heavy (non-hydrogen) atoms. The van der Waals surface area contributed by atoms with Crippen LogP contribution in [0.3, 0.4) is 0 Å². The van der Waals surface area contributed by atoms with Crippen molar-refractivity contribution in [1.82, 2.24) is 25.6 Å². The molecule has 3 amide bonds. The molecule has 11 rings (SSSR count). The lowest BCUT2D eigenvalue weighted by Gasteiger charge is -2.37. The van der Waals surface area contributed by atoms with E-state index < -0.39 is 37.8 Å². The molecule has 468 valence electrons. The van der Waals surface area contributed by atoms with Gasteiger partial charge >= 0.3 is 0 Å². The SMILES string of the molecule is CCOc1ccc2c(c1)CC(NCCCCO)C(=O)N2c1ccc(CN2C(=O)[C@]3(O[C@H](CCn4cc(C(CO)c5ccccc5)nn4)[C@@H]([Si](C)(C)c4ccc(OC)cc4)[C@@H]3C)c3cc(N4C(=O)C(NCCCCO)Cc5cc(OCC)ccc54)ccc32)cc1. The number of nitrogens with one attached hydrogen (secondary N) is 2. The normalized spacial score (nSPS) is 20.9. The Hall–Kier alpha value is -7.75. The van der Waals surface area contributed by atoms with E-state index in [1.165, 1.54) is 5.19 Å². The first-order valence-electron chi connectivity index (χ1n) is 31.6. The van der Waals surface area contributed by atoms with E-state index in [1.807, 2.05) is 151 Å². The number of unbranched alkanes of at least 4 members (excludes halogenated alkanes) is 2. The fourth-order valence-corrected chi connectivity index (χ4v) is 18.2. The Labute approximate surface area is 522 Å². The summed E-state index contributed by atoms with van der Waals surface area (Å²) in [6.45, 7) is 13.5. The van der Waals surface area contributed by atoms with Gasteiger partial charge in [0.2, 0.25) is 11.8 Å². The van der Waals surface area contributed by atoms with Crippen LogP contribution in [0.25, 0.3) is 0 Å². The Morgan fingerprint density at radius 2 is 1.27 bits per heavy atom. The first-order chi connectivity index (χ1) is 43.3. The van der Waals surface area contributed by atoms with Gasteiger partial charge < -0.3 is 49.8 Å². The van der Waals surface area contributed by atoms with E-state index in [0.29, 0.717) is 105 Å². The van der Waals surface area contributed by atoms with Crippen molar-refractivity contribution >= 4 is 59.4 Å². The van der Waals surface area contributed by atoms with Gasteiger partial charge in [0.25, 0.3) is 5.91 Å². The second-order valence-electron chi connectivity index (χ2n) is 24.3. The van der Waals surface area contributed by atoms with Gasteiger partial charge in [-0.15, -0.1) is 5.10 Å². The van der Waals surface area contributed by atoms with E-state index in [1.54, 1.807) is 16.9 Å². The van der Waals surface area contributed by atoms with Gasteiger partial charge in [-0.2, -0.15) is 0 Å². The summed E-state index contributed by atoms with van der Waals surface area (Å²) in [6, 6.07) is 42.4. The molecule has 4 aliphatic rings. The minimum atomic E-state index is -2.66. The summed E-state index contributed by atoms with van der Waals surface area (Å²) in [6.07, 6.45) is 5.51. The fourth-order valence-electron chi connectivity index (χ4n) is 14.1. The number of aliphatic hydroxyl groups excluding tert-OH is 3. The van der Waals surface area contributed by atoms with Crippen molar-refractivity contribution in [2.75, 3.05) is 67.9 Å². The van der Waals surface area contributed by atoms with Gasteiger partial charge in [0, 0.05) is 48.8 Å². The molecule has 5 heterocycles. The Morgan fingerprint density at radius 3 is 1.84 bits per heavy atom. The number of benzene rings is 6. The quantitative estimate of drug-likeness (QED) is 0.0240. The number of rotatable bonds is 27. The lowest BCUT2D eigenvalue weighted by atomic mass is 9.82. The Balaban J connectivity index is 0.997. The summed E-state index contributed by atoms with van der Waals surface area (Å²) >= 11 is 0. The predicted octanol–water partition coefficient (Wildman–Crippen LogP) is 8.96. The van der Waals surface area contributed by atoms with Crippen LogP contribution >= 0.6 is 0 Å². The minimum absolute atomic E-state index is 0.0607. The Morgan fingerprint density at radius 1 is 0.697 bits per heavy atom. The number of aliphatic hydroxyl groups is 3. The van der Waals surface area contributed by atoms with Gasteiger partial charge in [0.15, 0.2) is 5.60 Å². The first kappa shape index (κ1) is 62.8. The number of carbonyl (C=O) groups is 3. The highest BCUT2D eigenvalue weighted by molar-refractivity contribution is 6.91. The number of aromatic nitrogens is 3. The van der Waals surface area contributed by atoms with Crippen molar-refractivity contribution in [1.29, 1.82) is 0 Å². The summed E-state index contributed by atoms with van der Waals surface area (Å²) in [7, 11) is -0.995. The standard InChI is InChI=1S/C70H84N8O10Si/c1-7-86-54-25-30-62-49(38-54)40-59(71-33-12-14-36-79)67(82)77(62)51-20-18-47(19-21-51)43-76-64-29-22-52(78-63-31-26-55(87-8-2)39-50(63)41-60(68(78)83)72-34-13-15-37-80)42-58(64)70(69(76)84)46(3)66(89(5,6)56-27-23-53(85-4)24-28-56)65(88-70)32-35-75-44-61(73-74-75)57(45-81)48-16-10-9-11-17-48/h9-11,16-31,38-39,42,44,46,57,59-60,65-66,71-72,79-81H,7-8,12-15,32-37,40-41,43,45H2,1-6H3/t46-,57?,59?,60?,65+,66-,70+/m0/s1. The summed E-state index contributed by atoms with van der Waals surface area (Å²) in [5.74, 6) is 0.993. The van der Waals surface area contributed by atoms with Crippen molar-refractivity contribution in [3.63, 3.8) is 0 Å². The molecule has 0 saturated carbocycles. The lowest BCUT2D eigenvalue weighted by molar-refractivity contribution is -0.146. The van der Waals surface area contributed by atoms with Gasteiger partial charge in [-0.05, 0) is 179 Å². The molecule has 4 aliphatic heterocycles. The van der Waals surface area contributed by atoms with Crippen LogP contribution in [0, 0.1) is 5.92 Å². The van der Waals surface area contributed by atoms with Crippen LogP contribution in [-0.4, -0.2) is 128 Å². The molecule has 1 saturated heterocycles. The van der Waals surface area contributed by atoms with E-state index in [-0.39, 0.29) is 55.5 Å². The number of ether oxygens (including phenoxy) is 4. The molecule has 1 fully saturated rings. The zero-order valence-corrected chi connectivity index (χ0v) is 52.9. The highest BCUT2D eigenvalue weighted by atomic mass is 28.3. The molecule has 3 unspecified atom stereocenters. The molecule has 18 nitrogen and oxygen atoms in total. The molecule has 1 spiro atoms. The monoisotopic (exact) mass is 1220 g/mol. The van der Waals surface area contributed by atoms with Crippen molar-refractivity contribution in [3.8, 4) is 17.2 Å². The number of aryl methyl sites for hydroxylation is 1. The second-order valence-corrected chi connectivity index (χ2v) is 29.0. The zero-order chi connectivity index (χ0) is 62.4. The first-order valence-corrected chi connectivity index (χ1v) is 34.7. The summed E-state index contributed by atoms with van der Waals surface area (Å²) in [4.78, 5) is 51.6. The second kappa shape index (κ2) is 27.6. The lowest BCUT2D eigenvalue weighted by Crippen LogP contribution is -2.52. The molecular weight excluding hydrogens is 1140 g/mol. The van der Waals surface area contributed by atoms with Crippen LogP contribution < -0.4 is 44.7 Å². The van der Waals surface area contributed by atoms with Gasteiger partial charge in [-0.1, -0.05) is 85.0 Å². The van der Waals surface area contributed by atoms with Crippen molar-refractivity contribution in [3.05, 3.63) is 173 Å². The predicted molar refractivity (Wildman–Crippen MR) is 347 cm³/mol. The smallest absolute Gasteiger partial charge is 0.264 e. The van der Waals surface area contributed by atoms with E-state index >= 15 is 9.59 Å². The number of anilines is 5. The van der Waals surface area contributed by atoms with Gasteiger partial charge in [-0.25, -0.2) is 0 Å². The maximum Gasteiger partial charge on any atom is 0.264 e. The minimum Gasteiger partial charge on any atom is -0.497 e. The molecular formula is C70H84N8O10Si. The molecule has 0 bridgehead atoms. The van der Waals surface area contributed by atoms with Crippen LogP contribution in [0.2, 0.25) is 18.6 Å². The maximum atomic E-state index is 16.5. The van der Waals surface area contributed by atoms with Crippen molar-refractivity contribution in [2.45, 2.75) is 127 Å². The molecule has 7 atom stereocenters. The molecule has 19 heteroatoms. The number of carbonyl (C=O) groups excluding carboxylic acids is 3. The van der Waals surface area contributed by atoms with Crippen LogP contribution in [0.15, 0.2) is 140 Å². The molecule has 6 aromatic carbocycles. The van der Waals surface area contributed by atoms with E-state index in [2.05, 4.69) is 53.1 Å². The fraction of sp³-hybridized carbons (Fsp3) is 0.414. The van der Waals surface area contributed by atoms with E-state index in [9.17, 15) is 20.1 Å². The van der Waals surface area contributed by atoms with Gasteiger partial charge in [0.1, 0.15) is 17.2 Å². The third-order valence-corrected chi connectivity index (χ3v) is 23.0. The third-order valence-electron chi connectivity index (χ3n) is 18.6. The average molecular weight is 1230 g/mol. The molecule has 5 N–H and O–H groups in total. The van der Waals surface area contributed by atoms with Gasteiger partial charge in [0.05, 0.1) is 88.4 Å². The zero-order valence-electron chi connectivity index (χ0n) is 51.9. The number of amides is 3. The van der Waals surface area contributed by atoms with Gasteiger partial charge in [-0.3, -0.25) is 28.9 Å². The van der Waals surface area contributed by atoms with Crippen LogP contribution in [0.1, 0.15) is 92.3 Å². The molecule has 1 aromatic heterocycles. The number of methoxy groups -OCH3 is 1. The molecule has 7 aromatic rings. The topological polar surface area (TPSA) is 213 Å². The highest BCUT2D eigenvalue weighted by Gasteiger charge is 2.66. The van der Waals surface area contributed by atoms with Crippen molar-refractivity contribution < 1.29 is 48.7 Å². The highest BCUT2D eigenvalue weighted by Crippen LogP contribution is 2.61.